The number of amides is 1. The molecule has 1 aliphatic rings. The zero-order valence-electron chi connectivity index (χ0n) is 12.4. The van der Waals surface area contributed by atoms with Crippen LogP contribution in [0.1, 0.15) is 36.5 Å². The summed E-state index contributed by atoms with van der Waals surface area (Å²) in [6.45, 7) is 3.36. The minimum atomic E-state index is -0.567. The lowest BCUT2D eigenvalue weighted by Crippen LogP contribution is -2.42. The molecular weight excluding hydrogens is 288 g/mol. The molecule has 0 bridgehead atoms. The number of carbonyl (C=O) groups is 1. The first-order chi connectivity index (χ1) is 10.1. The number of rotatable bonds is 5. The van der Waals surface area contributed by atoms with E-state index in [0.29, 0.717) is 18.2 Å². The summed E-state index contributed by atoms with van der Waals surface area (Å²) in [7, 11) is 0. The molecule has 5 heteroatoms. The highest BCUT2D eigenvalue weighted by Gasteiger charge is 2.23. The minimum Gasteiger partial charge on any atom is -0.390 e. The Labute approximate surface area is 131 Å². The second-order valence-corrected chi connectivity index (χ2v) is 5.92. The van der Waals surface area contributed by atoms with Crippen molar-refractivity contribution in [2.75, 3.05) is 24.3 Å². The Bertz CT molecular complexity index is 464. The number of carbonyl (C=O) groups excluding carboxylic acids is 1. The van der Waals surface area contributed by atoms with Crippen molar-refractivity contribution in [3.63, 3.8) is 0 Å². The Morgan fingerprint density at radius 2 is 2.14 bits per heavy atom. The summed E-state index contributed by atoms with van der Waals surface area (Å²) in [4.78, 5) is 14.4. The average molecular weight is 311 g/mol. The van der Waals surface area contributed by atoms with Gasteiger partial charge in [0.25, 0.3) is 5.91 Å². The molecule has 1 aliphatic heterocycles. The smallest absolute Gasteiger partial charge is 0.254 e. The van der Waals surface area contributed by atoms with E-state index in [-0.39, 0.29) is 11.8 Å². The summed E-state index contributed by atoms with van der Waals surface area (Å²) >= 11 is 5.54. The molecule has 2 atom stereocenters. The number of nitrogens with one attached hydrogen (secondary N) is 1. The lowest BCUT2D eigenvalue weighted by atomic mass is 10.0. The van der Waals surface area contributed by atoms with Gasteiger partial charge in [0.15, 0.2) is 0 Å². The third kappa shape index (κ3) is 4.35. The van der Waals surface area contributed by atoms with Crippen LogP contribution in [0.5, 0.6) is 0 Å². The normalized spacial score (nSPS) is 20.1. The standard InChI is InChI=1S/C16H23ClN2O2/c1-12-4-2-3-9-19(12)16(21)13-5-7-14(8-6-13)18-11-15(20)10-17/h5-8,12,15,18,20H,2-4,9-11H2,1H3. The highest BCUT2D eigenvalue weighted by Crippen LogP contribution is 2.20. The number of aliphatic hydroxyl groups is 1. The maximum atomic E-state index is 12.5. The van der Waals surface area contributed by atoms with Crippen LogP contribution >= 0.6 is 11.6 Å². The minimum absolute atomic E-state index is 0.106. The fourth-order valence-electron chi connectivity index (χ4n) is 2.59. The van der Waals surface area contributed by atoms with Crippen LogP contribution in [-0.4, -0.2) is 47.0 Å². The van der Waals surface area contributed by atoms with E-state index >= 15 is 0 Å². The maximum absolute atomic E-state index is 12.5. The summed E-state index contributed by atoms with van der Waals surface area (Å²) in [5.74, 6) is 0.311. The number of anilines is 1. The molecule has 0 aromatic heterocycles. The lowest BCUT2D eigenvalue weighted by molar-refractivity contribution is 0.0635. The number of alkyl halides is 1. The van der Waals surface area contributed by atoms with E-state index in [0.717, 1.165) is 25.1 Å². The lowest BCUT2D eigenvalue weighted by Gasteiger charge is -2.33. The summed E-state index contributed by atoms with van der Waals surface area (Å²) < 4.78 is 0. The van der Waals surface area contributed by atoms with E-state index in [2.05, 4.69) is 12.2 Å². The molecule has 0 radical (unpaired) electrons. The highest BCUT2D eigenvalue weighted by molar-refractivity contribution is 6.18. The molecule has 1 amide bonds. The van der Waals surface area contributed by atoms with Crippen molar-refractivity contribution < 1.29 is 9.90 Å². The van der Waals surface area contributed by atoms with Crippen LogP contribution in [0.4, 0.5) is 5.69 Å². The van der Waals surface area contributed by atoms with Gasteiger partial charge in [-0.1, -0.05) is 0 Å². The molecule has 1 saturated heterocycles. The van der Waals surface area contributed by atoms with Crippen LogP contribution in [0.3, 0.4) is 0 Å². The third-order valence-corrected chi connectivity index (χ3v) is 4.27. The number of benzene rings is 1. The van der Waals surface area contributed by atoms with Gasteiger partial charge in [0.05, 0.1) is 12.0 Å². The summed E-state index contributed by atoms with van der Waals surface area (Å²) in [6, 6.07) is 7.71. The molecule has 0 spiro atoms. The summed E-state index contributed by atoms with van der Waals surface area (Å²) in [6.07, 6.45) is 2.81. The first-order valence-electron chi connectivity index (χ1n) is 7.50. The van der Waals surface area contributed by atoms with Gasteiger partial charge < -0.3 is 15.3 Å². The van der Waals surface area contributed by atoms with Crippen molar-refractivity contribution in [3.05, 3.63) is 29.8 Å². The molecule has 2 unspecified atom stereocenters. The van der Waals surface area contributed by atoms with Gasteiger partial charge in [-0.2, -0.15) is 0 Å². The van der Waals surface area contributed by atoms with Crippen molar-refractivity contribution in [3.8, 4) is 0 Å². The maximum Gasteiger partial charge on any atom is 0.254 e. The van der Waals surface area contributed by atoms with E-state index in [1.807, 2.05) is 29.2 Å². The Hall–Kier alpha value is -1.26. The second kappa shape index (κ2) is 7.66. The average Bonchev–Trinajstić information content (AvgIpc) is 2.53. The summed E-state index contributed by atoms with van der Waals surface area (Å²) in [5.41, 5.74) is 1.59. The predicted octanol–water partition coefficient (Wildman–Crippen LogP) is 2.71. The number of halogens is 1. The second-order valence-electron chi connectivity index (χ2n) is 5.61. The van der Waals surface area contributed by atoms with E-state index in [4.69, 9.17) is 11.6 Å². The number of piperidine rings is 1. The van der Waals surface area contributed by atoms with Gasteiger partial charge in [-0.25, -0.2) is 0 Å². The molecule has 2 rings (SSSR count). The Kier molecular flexibility index (Phi) is 5.88. The van der Waals surface area contributed by atoms with E-state index in [1.165, 1.54) is 6.42 Å². The largest absolute Gasteiger partial charge is 0.390 e. The van der Waals surface area contributed by atoms with Gasteiger partial charge in [-0.15, -0.1) is 11.6 Å². The number of likely N-dealkylation sites (tertiary alicyclic amines) is 1. The van der Waals surface area contributed by atoms with Crippen LogP contribution in [0.15, 0.2) is 24.3 Å². The highest BCUT2D eigenvalue weighted by atomic mass is 35.5. The van der Waals surface area contributed by atoms with Gasteiger partial charge in [0.1, 0.15) is 0 Å². The molecule has 1 fully saturated rings. The van der Waals surface area contributed by atoms with Crippen molar-refractivity contribution >= 4 is 23.2 Å². The number of aliphatic hydroxyl groups excluding tert-OH is 1. The summed E-state index contributed by atoms with van der Waals surface area (Å²) in [5, 5.41) is 12.5. The molecule has 4 nitrogen and oxygen atoms in total. The van der Waals surface area contributed by atoms with Crippen LogP contribution in [0.2, 0.25) is 0 Å². The monoisotopic (exact) mass is 310 g/mol. The SMILES string of the molecule is CC1CCCCN1C(=O)c1ccc(NCC(O)CCl)cc1. The van der Waals surface area contributed by atoms with Crippen molar-refractivity contribution in [1.82, 2.24) is 4.90 Å². The molecular formula is C16H23ClN2O2. The molecule has 116 valence electrons. The Morgan fingerprint density at radius 1 is 1.43 bits per heavy atom. The van der Waals surface area contributed by atoms with Crippen molar-refractivity contribution in [1.29, 1.82) is 0 Å². The molecule has 2 N–H and O–H groups in total. The first kappa shape index (κ1) is 16.1. The van der Waals surface area contributed by atoms with Gasteiger partial charge >= 0.3 is 0 Å². The zero-order valence-corrected chi connectivity index (χ0v) is 13.1. The van der Waals surface area contributed by atoms with Crippen LogP contribution in [0, 0.1) is 0 Å². The molecule has 1 aromatic carbocycles. The molecule has 21 heavy (non-hydrogen) atoms. The number of hydrogen-bond acceptors (Lipinski definition) is 3. The van der Waals surface area contributed by atoms with Gasteiger partial charge in [-0.05, 0) is 50.5 Å². The molecule has 0 aliphatic carbocycles. The van der Waals surface area contributed by atoms with Gasteiger partial charge in [-0.3, -0.25) is 4.79 Å². The van der Waals surface area contributed by atoms with Crippen molar-refractivity contribution in [2.45, 2.75) is 38.3 Å². The molecule has 1 aromatic rings. The quantitative estimate of drug-likeness (QED) is 0.822. The fraction of sp³-hybridized carbons (Fsp3) is 0.562. The Morgan fingerprint density at radius 3 is 2.76 bits per heavy atom. The van der Waals surface area contributed by atoms with E-state index in [1.54, 1.807) is 0 Å². The molecule has 1 heterocycles. The zero-order chi connectivity index (χ0) is 15.2. The van der Waals surface area contributed by atoms with E-state index < -0.39 is 6.10 Å². The van der Waals surface area contributed by atoms with Crippen LogP contribution in [0.25, 0.3) is 0 Å². The number of nitrogens with zero attached hydrogens (tertiary/aromatic N) is 1. The Balaban J connectivity index is 1.96. The fourth-order valence-corrected chi connectivity index (χ4v) is 2.70. The van der Waals surface area contributed by atoms with Crippen LogP contribution < -0.4 is 5.32 Å². The molecule has 0 saturated carbocycles. The van der Waals surface area contributed by atoms with Crippen molar-refractivity contribution in [2.24, 2.45) is 0 Å². The van der Waals surface area contributed by atoms with Gasteiger partial charge in [0, 0.05) is 30.4 Å². The third-order valence-electron chi connectivity index (χ3n) is 3.92. The van der Waals surface area contributed by atoms with Gasteiger partial charge in [0.2, 0.25) is 0 Å². The van der Waals surface area contributed by atoms with Crippen LogP contribution in [-0.2, 0) is 0 Å². The predicted molar refractivity (Wildman–Crippen MR) is 86.0 cm³/mol. The van der Waals surface area contributed by atoms with E-state index in [9.17, 15) is 9.90 Å². The topological polar surface area (TPSA) is 52.6 Å². The first-order valence-corrected chi connectivity index (χ1v) is 8.04. The number of hydrogen-bond donors (Lipinski definition) is 2.